The molecule has 2 aromatic carbocycles. The first-order valence-corrected chi connectivity index (χ1v) is 9.18. The van der Waals surface area contributed by atoms with Crippen LogP contribution in [0.1, 0.15) is 22.3 Å². The van der Waals surface area contributed by atoms with Crippen molar-refractivity contribution in [3.05, 3.63) is 60.2 Å². The van der Waals surface area contributed by atoms with Crippen LogP contribution in [0, 0.1) is 9.39 Å². The van der Waals surface area contributed by atoms with E-state index in [-0.39, 0.29) is 30.0 Å². The molecule has 142 valence electrons. The van der Waals surface area contributed by atoms with Crippen molar-refractivity contribution in [2.45, 2.75) is 12.8 Å². The SMILES string of the molecule is COc1c(F)c(C(N)=O)c(CCCN=[N+]=[N-])c(I)c1Oc1ccc(Cl)cc1. The summed E-state index contributed by atoms with van der Waals surface area (Å²) in [6.45, 7) is 0.200. The van der Waals surface area contributed by atoms with Crippen molar-refractivity contribution < 1.29 is 18.7 Å². The van der Waals surface area contributed by atoms with Gasteiger partial charge in [-0.05, 0) is 70.8 Å². The third-order valence-electron chi connectivity index (χ3n) is 3.62. The van der Waals surface area contributed by atoms with E-state index in [1.807, 2.05) is 22.6 Å². The molecule has 0 unspecified atom stereocenters. The molecule has 0 atom stereocenters. The third kappa shape index (κ3) is 4.94. The maximum atomic E-state index is 15.0. The van der Waals surface area contributed by atoms with Crippen LogP contribution in [0.25, 0.3) is 10.4 Å². The van der Waals surface area contributed by atoms with E-state index < -0.39 is 11.7 Å². The van der Waals surface area contributed by atoms with E-state index in [2.05, 4.69) is 10.0 Å². The van der Waals surface area contributed by atoms with E-state index in [1.54, 1.807) is 24.3 Å². The maximum Gasteiger partial charge on any atom is 0.252 e. The Balaban J connectivity index is 2.56. The molecule has 2 aromatic rings. The topological polar surface area (TPSA) is 110 Å². The molecule has 2 N–H and O–H groups in total. The third-order valence-corrected chi connectivity index (χ3v) is 5.02. The van der Waals surface area contributed by atoms with Gasteiger partial charge in [0.25, 0.3) is 5.91 Å². The minimum atomic E-state index is -0.916. The van der Waals surface area contributed by atoms with Gasteiger partial charge in [-0.2, -0.15) is 0 Å². The average molecular weight is 505 g/mol. The number of carbonyl (C=O) groups is 1. The van der Waals surface area contributed by atoms with Crippen LogP contribution in [0.3, 0.4) is 0 Å². The number of hydrogen-bond acceptors (Lipinski definition) is 4. The Labute approximate surface area is 173 Å². The molecule has 0 heterocycles. The van der Waals surface area contributed by atoms with Crippen LogP contribution in [0.5, 0.6) is 17.2 Å². The second-order valence-corrected chi connectivity index (χ2v) is 6.84. The van der Waals surface area contributed by atoms with E-state index >= 15 is 0 Å². The van der Waals surface area contributed by atoms with Crippen molar-refractivity contribution in [1.82, 2.24) is 0 Å². The Morgan fingerprint density at radius 1 is 1.37 bits per heavy atom. The predicted octanol–water partition coefficient (Wildman–Crippen LogP) is 5.23. The lowest BCUT2D eigenvalue weighted by Gasteiger charge is -2.19. The van der Waals surface area contributed by atoms with Gasteiger partial charge < -0.3 is 15.2 Å². The summed E-state index contributed by atoms with van der Waals surface area (Å²) < 4.78 is 26.4. The molecular weight excluding hydrogens is 490 g/mol. The Kier molecular flexibility index (Phi) is 7.52. The van der Waals surface area contributed by atoms with Crippen LogP contribution >= 0.6 is 34.2 Å². The molecule has 0 saturated carbocycles. The summed E-state index contributed by atoms with van der Waals surface area (Å²) in [5, 5.41) is 3.97. The molecule has 1 amide bonds. The Bertz CT molecular complexity index is 902. The number of ether oxygens (including phenoxy) is 2. The fraction of sp³-hybridized carbons (Fsp3) is 0.235. The second-order valence-electron chi connectivity index (χ2n) is 5.32. The number of primary amides is 1. The molecule has 7 nitrogen and oxygen atoms in total. The molecule has 0 bridgehead atoms. The summed E-state index contributed by atoms with van der Waals surface area (Å²) >= 11 is 7.82. The lowest BCUT2D eigenvalue weighted by atomic mass is 10.00. The quantitative estimate of drug-likeness (QED) is 0.175. The van der Waals surface area contributed by atoms with E-state index in [0.717, 1.165) is 0 Å². The number of nitrogens with two attached hydrogens (primary N) is 1. The summed E-state index contributed by atoms with van der Waals surface area (Å²) in [6, 6.07) is 6.51. The molecule has 0 saturated heterocycles. The first kappa shape index (κ1) is 21.1. The molecule has 0 aromatic heterocycles. The first-order valence-electron chi connectivity index (χ1n) is 7.72. The van der Waals surface area contributed by atoms with Crippen molar-refractivity contribution in [2.24, 2.45) is 10.8 Å². The number of halogens is 3. The molecule has 0 aliphatic carbocycles. The van der Waals surface area contributed by atoms with Crippen molar-refractivity contribution in [3.8, 4) is 17.2 Å². The number of amides is 1. The van der Waals surface area contributed by atoms with Crippen LogP contribution in [-0.4, -0.2) is 19.6 Å². The number of nitrogens with zero attached hydrogens (tertiary/aromatic N) is 3. The van der Waals surface area contributed by atoms with E-state index in [1.165, 1.54) is 7.11 Å². The van der Waals surface area contributed by atoms with Crippen LogP contribution in [-0.2, 0) is 6.42 Å². The maximum absolute atomic E-state index is 15.0. The number of azide groups is 1. The van der Waals surface area contributed by atoms with Gasteiger partial charge in [-0.1, -0.05) is 16.7 Å². The standard InChI is InChI=1S/C17H15ClFIN4O3/c1-26-15-13(19)12(17(21)25)11(3-2-8-23-24-22)14(20)16(15)27-10-6-4-9(18)5-7-10/h4-7H,2-3,8H2,1H3,(H2,21,25). The summed E-state index contributed by atoms with van der Waals surface area (Å²) in [7, 11) is 1.27. The summed E-state index contributed by atoms with van der Waals surface area (Å²) in [4.78, 5) is 14.5. The van der Waals surface area contributed by atoms with Gasteiger partial charge in [-0.25, -0.2) is 4.39 Å². The average Bonchev–Trinajstić information content (AvgIpc) is 2.64. The van der Waals surface area contributed by atoms with Gasteiger partial charge in [-0.3, -0.25) is 4.79 Å². The van der Waals surface area contributed by atoms with Crippen LogP contribution < -0.4 is 15.2 Å². The largest absolute Gasteiger partial charge is 0.490 e. The monoisotopic (exact) mass is 504 g/mol. The molecule has 10 heteroatoms. The van der Waals surface area contributed by atoms with Crippen molar-refractivity contribution in [1.29, 1.82) is 0 Å². The Hall–Kier alpha value is -2.23. The fourth-order valence-electron chi connectivity index (χ4n) is 2.45. The number of methoxy groups -OCH3 is 1. The number of rotatable bonds is 8. The summed E-state index contributed by atoms with van der Waals surface area (Å²) in [6.07, 6.45) is 0.681. The van der Waals surface area contributed by atoms with Crippen molar-refractivity contribution in [3.63, 3.8) is 0 Å². The number of hydrogen-bond donors (Lipinski definition) is 1. The lowest BCUT2D eigenvalue weighted by molar-refractivity contribution is 0.0994. The van der Waals surface area contributed by atoms with Gasteiger partial charge in [0.2, 0.25) is 0 Å². The van der Waals surface area contributed by atoms with Gasteiger partial charge in [0.1, 0.15) is 5.75 Å². The molecule has 2 rings (SSSR count). The normalized spacial score (nSPS) is 10.2. The number of carbonyl (C=O) groups excluding carboxylic acids is 1. The predicted molar refractivity (Wildman–Crippen MR) is 108 cm³/mol. The molecule has 0 spiro atoms. The molecule has 0 aliphatic heterocycles. The van der Waals surface area contributed by atoms with Crippen LogP contribution in [0.2, 0.25) is 5.02 Å². The number of benzene rings is 2. The Morgan fingerprint density at radius 3 is 2.59 bits per heavy atom. The molecule has 27 heavy (non-hydrogen) atoms. The lowest BCUT2D eigenvalue weighted by Crippen LogP contribution is -2.19. The van der Waals surface area contributed by atoms with Crippen molar-refractivity contribution in [2.75, 3.05) is 13.7 Å². The van der Waals surface area contributed by atoms with E-state index in [9.17, 15) is 9.18 Å². The van der Waals surface area contributed by atoms with Crippen LogP contribution in [0.15, 0.2) is 29.4 Å². The van der Waals surface area contributed by atoms with Gasteiger partial charge in [0.05, 0.1) is 16.2 Å². The minimum absolute atomic E-state index is 0.127. The fourth-order valence-corrected chi connectivity index (χ4v) is 3.47. The smallest absolute Gasteiger partial charge is 0.252 e. The highest BCUT2D eigenvalue weighted by Crippen LogP contribution is 2.42. The molecule has 0 fully saturated rings. The van der Waals surface area contributed by atoms with Gasteiger partial charge >= 0.3 is 0 Å². The van der Waals surface area contributed by atoms with Gasteiger partial charge in [-0.15, -0.1) is 0 Å². The van der Waals surface area contributed by atoms with E-state index in [0.29, 0.717) is 26.3 Å². The summed E-state index contributed by atoms with van der Waals surface area (Å²) in [5.41, 5.74) is 13.9. The highest BCUT2D eigenvalue weighted by Gasteiger charge is 2.28. The molecular formula is C17H15ClFIN4O3. The highest BCUT2D eigenvalue weighted by molar-refractivity contribution is 14.1. The molecule has 0 radical (unpaired) electrons. The van der Waals surface area contributed by atoms with E-state index in [4.69, 9.17) is 32.3 Å². The second kappa shape index (κ2) is 9.63. The van der Waals surface area contributed by atoms with Gasteiger partial charge in [0, 0.05) is 16.5 Å². The molecule has 0 aliphatic rings. The zero-order valence-corrected chi connectivity index (χ0v) is 17.1. The van der Waals surface area contributed by atoms with Crippen LogP contribution in [0.4, 0.5) is 4.39 Å². The summed E-state index contributed by atoms with van der Waals surface area (Å²) in [5.74, 6) is -1.49. The minimum Gasteiger partial charge on any atom is -0.490 e. The Morgan fingerprint density at radius 2 is 2.04 bits per heavy atom. The highest BCUT2D eigenvalue weighted by atomic mass is 127. The van der Waals surface area contributed by atoms with Crippen molar-refractivity contribution >= 4 is 40.1 Å². The van der Waals surface area contributed by atoms with Gasteiger partial charge in [0.15, 0.2) is 17.3 Å². The first-order chi connectivity index (χ1) is 12.9. The zero-order chi connectivity index (χ0) is 20.0. The zero-order valence-electron chi connectivity index (χ0n) is 14.2.